The van der Waals surface area contributed by atoms with Gasteiger partial charge in [-0.05, 0) is 61.8 Å². The van der Waals surface area contributed by atoms with Crippen LogP contribution in [0.3, 0.4) is 0 Å². The first-order valence-corrected chi connectivity index (χ1v) is 9.33. The number of rotatable bonds is 9. The van der Waals surface area contributed by atoms with E-state index in [1.54, 1.807) is 0 Å². The van der Waals surface area contributed by atoms with E-state index in [0.717, 1.165) is 44.5 Å². The molecule has 0 atom stereocenters. The molecule has 4 nitrogen and oxygen atoms in total. The van der Waals surface area contributed by atoms with Crippen LogP contribution in [0.15, 0.2) is 18.2 Å². The number of carbonyl (C=O) groups excluding carboxylic acids is 2. The Bertz CT molecular complexity index is 563. The summed E-state index contributed by atoms with van der Waals surface area (Å²) >= 11 is 0. The van der Waals surface area contributed by atoms with E-state index in [9.17, 15) is 9.59 Å². The van der Waals surface area contributed by atoms with Crippen molar-refractivity contribution in [3.8, 4) is 0 Å². The Morgan fingerprint density at radius 3 is 2.46 bits per heavy atom. The van der Waals surface area contributed by atoms with Crippen molar-refractivity contribution in [1.29, 1.82) is 0 Å². The van der Waals surface area contributed by atoms with E-state index in [2.05, 4.69) is 31.3 Å². The average Bonchev–Trinajstić information content (AvgIpc) is 3.02. The molecule has 1 N–H and O–H groups in total. The Hall–Kier alpha value is -1.84. The molecule has 0 saturated carbocycles. The van der Waals surface area contributed by atoms with Crippen LogP contribution < -0.4 is 5.32 Å². The van der Waals surface area contributed by atoms with E-state index in [-0.39, 0.29) is 11.8 Å². The molecule has 0 unspecified atom stereocenters. The lowest BCUT2D eigenvalue weighted by Crippen LogP contribution is -2.32. The molecule has 4 heteroatoms. The lowest BCUT2D eigenvalue weighted by atomic mass is 10.1. The lowest BCUT2D eigenvalue weighted by molar-refractivity contribution is -0.131. The zero-order valence-electron chi connectivity index (χ0n) is 15.1. The molecule has 0 radical (unpaired) electrons. The third-order valence-corrected chi connectivity index (χ3v) is 4.52. The van der Waals surface area contributed by atoms with Crippen molar-refractivity contribution in [2.75, 3.05) is 18.4 Å². The first-order chi connectivity index (χ1) is 11.6. The summed E-state index contributed by atoms with van der Waals surface area (Å²) in [5.41, 5.74) is 3.65. The number of aryl methyl sites for hydroxylation is 2. The predicted octanol–water partition coefficient (Wildman–Crippen LogP) is 3.93. The summed E-state index contributed by atoms with van der Waals surface area (Å²) in [5, 5.41) is 2.96. The minimum absolute atomic E-state index is 0.00159. The number of amides is 2. The summed E-state index contributed by atoms with van der Waals surface area (Å²) in [7, 11) is 0. The van der Waals surface area contributed by atoms with Crippen LogP contribution in [0.2, 0.25) is 0 Å². The van der Waals surface area contributed by atoms with Gasteiger partial charge in [0.25, 0.3) is 0 Å². The Kier molecular flexibility index (Phi) is 7.29. The summed E-state index contributed by atoms with van der Waals surface area (Å²) in [5.74, 6) is 0.169. The molecule has 0 spiro atoms. The van der Waals surface area contributed by atoms with Crippen molar-refractivity contribution in [1.82, 2.24) is 4.90 Å². The first kappa shape index (κ1) is 18.5. The Morgan fingerprint density at radius 1 is 1.04 bits per heavy atom. The van der Waals surface area contributed by atoms with Gasteiger partial charge in [-0.2, -0.15) is 0 Å². The first-order valence-electron chi connectivity index (χ1n) is 9.33. The quantitative estimate of drug-likeness (QED) is 0.746. The van der Waals surface area contributed by atoms with Crippen molar-refractivity contribution in [3.05, 3.63) is 29.3 Å². The van der Waals surface area contributed by atoms with Gasteiger partial charge in [-0.25, -0.2) is 0 Å². The van der Waals surface area contributed by atoms with Gasteiger partial charge in [0.15, 0.2) is 0 Å². The fourth-order valence-electron chi connectivity index (χ4n) is 3.33. The van der Waals surface area contributed by atoms with Crippen molar-refractivity contribution in [2.24, 2.45) is 0 Å². The number of fused-ring (bicyclic) bond motifs is 1. The van der Waals surface area contributed by atoms with Crippen LogP contribution in [-0.4, -0.2) is 29.8 Å². The molecular formula is C20H30N2O2. The highest BCUT2D eigenvalue weighted by atomic mass is 16.2. The van der Waals surface area contributed by atoms with Crippen LogP contribution in [0, 0.1) is 0 Å². The molecule has 24 heavy (non-hydrogen) atoms. The number of nitrogens with zero attached hydrogens (tertiary/aromatic N) is 1. The van der Waals surface area contributed by atoms with Crippen molar-refractivity contribution in [3.63, 3.8) is 0 Å². The van der Waals surface area contributed by atoms with Gasteiger partial charge in [-0.15, -0.1) is 0 Å². The van der Waals surface area contributed by atoms with Crippen LogP contribution >= 0.6 is 0 Å². The van der Waals surface area contributed by atoms with Gasteiger partial charge in [-0.1, -0.05) is 19.9 Å². The minimum Gasteiger partial charge on any atom is -0.343 e. The maximum Gasteiger partial charge on any atom is 0.224 e. The van der Waals surface area contributed by atoms with Gasteiger partial charge in [0.2, 0.25) is 11.8 Å². The molecule has 1 aliphatic carbocycles. The minimum atomic E-state index is -0.00159. The number of nitrogens with one attached hydrogen (secondary N) is 1. The summed E-state index contributed by atoms with van der Waals surface area (Å²) in [4.78, 5) is 26.2. The van der Waals surface area contributed by atoms with Gasteiger partial charge in [-0.3, -0.25) is 9.59 Å². The average molecular weight is 330 g/mol. The molecule has 2 rings (SSSR count). The molecule has 0 saturated heterocycles. The van der Waals surface area contributed by atoms with Crippen molar-refractivity contribution >= 4 is 17.5 Å². The highest BCUT2D eigenvalue weighted by molar-refractivity contribution is 5.91. The molecule has 0 aromatic heterocycles. The summed E-state index contributed by atoms with van der Waals surface area (Å²) < 4.78 is 0. The van der Waals surface area contributed by atoms with E-state index in [4.69, 9.17) is 0 Å². The van der Waals surface area contributed by atoms with E-state index >= 15 is 0 Å². The second kappa shape index (κ2) is 9.45. The zero-order chi connectivity index (χ0) is 17.4. The van der Waals surface area contributed by atoms with Gasteiger partial charge >= 0.3 is 0 Å². The smallest absolute Gasteiger partial charge is 0.224 e. The lowest BCUT2D eigenvalue weighted by Gasteiger charge is -2.21. The van der Waals surface area contributed by atoms with E-state index < -0.39 is 0 Å². The highest BCUT2D eigenvalue weighted by Crippen LogP contribution is 2.25. The Balaban J connectivity index is 1.74. The van der Waals surface area contributed by atoms with E-state index in [0.29, 0.717) is 19.3 Å². The van der Waals surface area contributed by atoms with E-state index in [1.165, 1.54) is 17.5 Å². The summed E-state index contributed by atoms with van der Waals surface area (Å²) in [6.45, 7) is 5.79. The topological polar surface area (TPSA) is 49.4 Å². The summed E-state index contributed by atoms with van der Waals surface area (Å²) in [6, 6.07) is 6.20. The molecule has 2 amide bonds. The molecule has 1 aromatic rings. The van der Waals surface area contributed by atoms with Crippen LogP contribution in [-0.2, 0) is 22.4 Å². The second-order valence-corrected chi connectivity index (χ2v) is 6.62. The van der Waals surface area contributed by atoms with Gasteiger partial charge in [0, 0.05) is 31.6 Å². The molecular weight excluding hydrogens is 300 g/mol. The molecule has 0 bridgehead atoms. The number of benzene rings is 1. The van der Waals surface area contributed by atoms with Crippen LogP contribution in [0.4, 0.5) is 5.69 Å². The SMILES string of the molecule is CCCN(CCC)C(=O)CCCC(=O)Nc1ccc2c(c1)CCC2. The summed E-state index contributed by atoms with van der Waals surface area (Å²) in [6.07, 6.45) is 6.89. The van der Waals surface area contributed by atoms with Crippen molar-refractivity contribution in [2.45, 2.75) is 65.2 Å². The third-order valence-electron chi connectivity index (χ3n) is 4.52. The zero-order valence-corrected chi connectivity index (χ0v) is 15.1. The fourth-order valence-corrected chi connectivity index (χ4v) is 3.33. The Labute approximate surface area is 145 Å². The standard InChI is InChI=1S/C20H30N2O2/c1-3-13-22(14-4-2)20(24)10-6-9-19(23)21-18-12-11-16-7-5-8-17(16)15-18/h11-12,15H,3-10,13-14H2,1-2H3,(H,21,23). The molecule has 0 heterocycles. The number of hydrogen-bond donors (Lipinski definition) is 1. The van der Waals surface area contributed by atoms with E-state index in [1.807, 2.05) is 11.0 Å². The van der Waals surface area contributed by atoms with Crippen LogP contribution in [0.1, 0.15) is 63.5 Å². The molecule has 1 aromatic carbocycles. The molecule has 132 valence electrons. The molecule has 0 fully saturated rings. The molecule has 0 aliphatic heterocycles. The number of hydrogen-bond acceptors (Lipinski definition) is 2. The maximum absolute atomic E-state index is 12.2. The van der Waals surface area contributed by atoms with Crippen molar-refractivity contribution < 1.29 is 9.59 Å². The molecule has 1 aliphatic rings. The number of carbonyl (C=O) groups is 2. The normalized spacial score (nSPS) is 12.8. The third kappa shape index (κ3) is 5.36. The highest BCUT2D eigenvalue weighted by Gasteiger charge is 2.14. The predicted molar refractivity (Wildman–Crippen MR) is 98.1 cm³/mol. The Morgan fingerprint density at radius 2 is 1.75 bits per heavy atom. The second-order valence-electron chi connectivity index (χ2n) is 6.62. The van der Waals surface area contributed by atoms with Gasteiger partial charge in [0.05, 0.1) is 0 Å². The largest absolute Gasteiger partial charge is 0.343 e. The van der Waals surface area contributed by atoms with Gasteiger partial charge < -0.3 is 10.2 Å². The number of anilines is 1. The van der Waals surface area contributed by atoms with Gasteiger partial charge in [0.1, 0.15) is 0 Å². The monoisotopic (exact) mass is 330 g/mol. The van der Waals surface area contributed by atoms with Crippen LogP contribution in [0.5, 0.6) is 0 Å². The van der Waals surface area contributed by atoms with Crippen LogP contribution in [0.25, 0.3) is 0 Å². The fraction of sp³-hybridized carbons (Fsp3) is 0.600. The maximum atomic E-state index is 12.2.